The highest BCUT2D eigenvalue weighted by molar-refractivity contribution is 7.52. The molecule has 0 amide bonds. The lowest BCUT2D eigenvalue weighted by Gasteiger charge is -2.10. The van der Waals surface area contributed by atoms with Crippen molar-refractivity contribution in [3.05, 3.63) is 24.3 Å². The zero-order chi connectivity index (χ0) is 17.7. The number of benzene rings is 1. The first kappa shape index (κ1) is 21.1. The molecule has 138 valence electrons. The molecule has 1 rings (SSSR count). The second kappa shape index (κ2) is 12.4. The lowest BCUT2D eigenvalue weighted by atomic mass is 10.1. The Labute approximate surface area is 147 Å². The van der Waals surface area contributed by atoms with E-state index in [2.05, 4.69) is 6.92 Å². The van der Waals surface area contributed by atoms with E-state index in [1.807, 2.05) is 0 Å². The van der Waals surface area contributed by atoms with E-state index in [4.69, 9.17) is 14.2 Å². The molecule has 0 spiro atoms. The summed E-state index contributed by atoms with van der Waals surface area (Å²) in [5, 5.41) is 0. The van der Waals surface area contributed by atoms with Gasteiger partial charge in [0.2, 0.25) is 0 Å². The Kier molecular flexibility index (Phi) is 10.9. The van der Waals surface area contributed by atoms with Gasteiger partial charge in [0.05, 0.1) is 6.61 Å². The molecule has 0 aliphatic carbocycles. The van der Waals surface area contributed by atoms with Gasteiger partial charge in [-0.2, -0.15) is 0 Å². The monoisotopic (exact) mass is 356 g/mol. The maximum absolute atomic E-state index is 11.2. The predicted octanol–water partition coefficient (Wildman–Crippen LogP) is 6.18. The minimum atomic E-state index is -3.49. The summed E-state index contributed by atoms with van der Waals surface area (Å²) in [6.07, 6.45) is 13.1. The second-order valence-corrected chi connectivity index (χ2v) is 8.18. The van der Waals surface area contributed by atoms with Crippen LogP contribution in [0.2, 0.25) is 0 Å². The maximum Gasteiger partial charge on any atom is 0.373 e. The molecule has 24 heavy (non-hydrogen) atoms. The predicted molar refractivity (Wildman–Crippen MR) is 100 cm³/mol. The van der Waals surface area contributed by atoms with Gasteiger partial charge in [-0.25, -0.2) is 4.57 Å². The van der Waals surface area contributed by atoms with Crippen molar-refractivity contribution in [2.24, 2.45) is 0 Å². The number of rotatable bonds is 14. The summed E-state index contributed by atoms with van der Waals surface area (Å²) in [5.74, 6) is 1.15. The Balaban J connectivity index is 2.00. The fraction of sp³-hybridized carbons (Fsp3) is 0.684. The Bertz CT molecular complexity index is 467. The van der Waals surface area contributed by atoms with E-state index in [1.165, 1.54) is 64.5 Å². The molecule has 0 saturated heterocycles. The van der Waals surface area contributed by atoms with Crippen LogP contribution in [-0.4, -0.2) is 18.2 Å². The summed E-state index contributed by atoms with van der Waals surface area (Å²) in [6.45, 7) is 4.13. The quantitative estimate of drug-likeness (QED) is 0.319. The topological polar surface area (TPSA) is 55.8 Å². The summed E-state index contributed by atoms with van der Waals surface area (Å²) in [5.41, 5.74) is 0. The van der Waals surface area contributed by atoms with Crippen molar-refractivity contribution in [3.8, 4) is 11.5 Å². The van der Waals surface area contributed by atoms with Crippen molar-refractivity contribution in [2.45, 2.75) is 71.1 Å². The van der Waals surface area contributed by atoms with E-state index in [-0.39, 0.29) is 0 Å². The molecule has 1 aromatic carbocycles. The number of ether oxygens (including phenoxy) is 1. The first-order valence-electron chi connectivity index (χ1n) is 9.24. The minimum absolute atomic E-state index is 0.384. The van der Waals surface area contributed by atoms with Gasteiger partial charge in [-0.15, -0.1) is 0 Å². The van der Waals surface area contributed by atoms with E-state index in [9.17, 15) is 4.57 Å². The van der Waals surface area contributed by atoms with E-state index >= 15 is 0 Å². The average Bonchev–Trinajstić information content (AvgIpc) is 2.53. The summed E-state index contributed by atoms with van der Waals surface area (Å²) in [4.78, 5) is 9.16. The minimum Gasteiger partial charge on any atom is -0.494 e. The fourth-order valence-corrected chi connectivity index (χ4v) is 3.08. The third kappa shape index (κ3) is 11.5. The zero-order valence-corrected chi connectivity index (χ0v) is 16.1. The third-order valence-corrected chi connectivity index (χ3v) is 4.41. The lowest BCUT2D eigenvalue weighted by Crippen LogP contribution is -1.97. The van der Waals surface area contributed by atoms with Crippen molar-refractivity contribution >= 4 is 7.60 Å². The Hall–Kier alpha value is -0.990. The molecule has 1 atom stereocenters. The van der Waals surface area contributed by atoms with Gasteiger partial charge in [0.25, 0.3) is 0 Å². The van der Waals surface area contributed by atoms with Crippen molar-refractivity contribution < 1.29 is 18.7 Å². The Morgan fingerprint density at radius 3 is 1.79 bits per heavy atom. The van der Waals surface area contributed by atoms with Crippen LogP contribution in [0.25, 0.3) is 0 Å². The fourth-order valence-electron chi connectivity index (χ4n) is 2.57. The van der Waals surface area contributed by atoms with Crippen LogP contribution in [0, 0.1) is 0 Å². The maximum atomic E-state index is 11.2. The van der Waals surface area contributed by atoms with Gasteiger partial charge >= 0.3 is 7.60 Å². The second-order valence-electron chi connectivity index (χ2n) is 6.40. The van der Waals surface area contributed by atoms with Crippen LogP contribution in [-0.2, 0) is 4.57 Å². The number of hydrogen-bond donors (Lipinski definition) is 1. The van der Waals surface area contributed by atoms with E-state index in [1.54, 1.807) is 24.3 Å². The van der Waals surface area contributed by atoms with Crippen LogP contribution in [0.4, 0.5) is 0 Å². The molecule has 1 unspecified atom stereocenters. The van der Waals surface area contributed by atoms with Crippen molar-refractivity contribution in [1.29, 1.82) is 0 Å². The molecule has 0 aromatic heterocycles. The molecule has 0 bridgehead atoms. The smallest absolute Gasteiger partial charge is 0.373 e. The lowest BCUT2D eigenvalue weighted by molar-refractivity contribution is 0.304. The first-order valence-corrected chi connectivity index (χ1v) is 11.3. The first-order chi connectivity index (χ1) is 11.5. The molecule has 0 aliphatic heterocycles. The molecule has 0 fully saturated rings. The van der Waals surface area contributed by atoms with Crippen molar-refractivity contribution in [3.63, 3.8) is 0 Å². The van der Waals surface area contributed by atoms with Crippen molar-refractivity contribution in [2.75, 3.05) is 13.3 Å². The normalized spacial score (nSPS) is 13.5. The molecule has 1 aromatic rings. The molecule has 0 aliphatic rings. The molecule has 0 heterocycles. The highest BCUT2D eigenvalue weighted by Crippen LogP contribution is 2.38. The highest BCUT2D eigenvalue weighted by Gasteiger charge is 2.11. The van der Waals surface area contributed by atoms with Crippen LogP contribution in [0.5, 0.6) is 11.5 Å². The summed E-state index contributed by atoms with van der Waals surface area (Å²) in [6, 6.07) is 6.84. The number of hydrogen-bond acceptors (Lipinski definition) is 3. The third-order valence-electron chi connectivity index (χ3n) is 3.87. The summed E-state index contributed by atoms with van der Waals surface area (Å²) >= 11 is 0. The number of unbranched alkanes of at least 4 members (excludes halogenated alkanes) is 9. The van der Waals surface area contributed by atoms with Gasteiger partial charge in [-0.1, -0.05) is 64.7 Å². The SMILES string of the molecule is CCCCCCCCCCCCOc1ccc(OP(C)(=O)O)cc1. The van der Waals surface area contributed by atoms with Gasteiger partial charge in [0, 0.05) is 6.66 Å². The highest BCUT2D eigenvalue weighted by atomic mass is 31.2. The van der Waals surface area contributed by atoms with Crippen LogP contribution in [0.15, 0.2) is 24.3 Å². The van der Waals surface area contributed by atoms with Crippen LogP contribution in [0.3, 0.4) is 0 Å². The molecular formula is C19H33O4P. The Morgan fingerprint density at radius 2 is 1.29 bits per heavy atom. The average molecular weight is 356 g/mol. The zero-order valence-electron chi connectivity index (χ0n) is 15.2. The molecular weight excluding hydrogens is 323 g/mol. The van der Waals surface area contributed by atoms with E-state index in [0.717, 1.165) is 12.2 Å². The van der Waals surface area contributed by atoms with E-state index < -0.39 is 7.60 Å². The van der Waals surface area contributed by atoms with Gasteiger partial charge in [0.1, 0.15) is 11.5 Å². The molecule has 4 nitrogen and oxygen atoms in total. The molecule has 0 saturated carbocycles. The van der Waals surface area contributed by atoms with Crippen molar-refractivity contribution in [1.82, 2.24) is 0 Å². The summed E-state index contributed by atoms with van der Waals surface area (Å²) in [7, 11) is -3.49. The summed E-state index contributed by atoms with van der Waals surface area (Å²) < 4.78 is 21.8. The Morgan fingerprint density at radius 1 is 0.833 bits per heavy atom. The van der Waals surface area contributed by atoms with Gasteiger partial charge in [0.15, 0.2) is 0 Å². The molecule has 5 heteroatoms. The largest absolute Gasteiger partial charge is 0.494 e. The van der Waals surface area contributed by atoms with E-state index in [0.29, 0.717) is 12.4 Å². The van der Waals surface area contributed by atoms with Gasteiger partial charge in [-0.05, 0) is 30.7 Å². The molecule has 0 radical (unpaired) electrons. The van der Waals surface area contributed by atoms with Crippen LogP contribution < -0.4 is 9.26 Å². The van der Waals surface area contributed by atoms with Crippen LogP contribution >= 0.6 is 7.60 Å². The molecule has 1 N–H and O–H groups in total. The van der Waals surface area contributed by atoms with Crippen LogP contribution in [0.1, 0.15) is 71.1 Å². The van der Waals surface area contributed by atoms with Gasteiger partial charge < -0.3 is 14.2 Å². The standard InChI is InChI=1S/C19H33O4P/c1-3-4-5-6-7-8-9-10-11-12-17-22-18-13-15-19(16-14-18)23-24(2,20)21/h13-16H,3-12,17H2,1-2H3,(H,20,21). The van der Waals surface area contributed by atoms with Gasteiger partial charge in [-0.3, -0.25) is 0 Å².